The van der Waals surface area contributed by atoms with E-state index in [1.165, 1.54) is 12.8 Å². The number of thioether (sulfide) groups is 1. The molecule has 2 atom stereocenters. The summed E-state index contributed by atoms with van der Waals surface area (Å²) in [6.45, 7) is 1.95. The summed E-state index contributed by atoms with van der Waals surface area (Å²) in [6, 6.07) is 5.24. The van der Waals surface area contributed by atoms with Gasteiger partial charge >= 0.3 is 0 Å². The van der Waals surface area contributed by atoms with Gasteiger partial charge < -0.3 is 20.5 Å². The highest BCUT2D eigenvalue weighted by Crippen LogP contribution is 2.33. The molecule has 0 heterocycles. The van der Waals surface area contributed by atoms with Crippen molar-refractivity contribution in [1.82, 2.24) is 5.32 Å². The number of hydrogen-bond donors (Lipinski definition) is 2. The number of amides is 1. The summed E-state index contributed by atoms with van der Waals surface area (Å²) in [4.78, 5) is 12.2. The average Bonchev–Trinajstić information content (AvgIpc) is 3.12. The number of methoxy groups -OCH3 is 1. The molecule has 25 heavy (non-hydrogen) atoms. The molecule has 0 aliphatic heterocycles. The first-order valence-electron chi connectivity index (χ1n) is 8.94. The van der Waals surface area contributed by atoms with Gasteiger partial charge in [0.25, 0.3) is 0 Å². The third-order valence-corrected chi connectivity index (χ3v) is 5.26. The van der Waals surface area contributed by atoms with Crippen LogP contribution < -0.4 is 20.5 Å². The van der Waals surface area contributed by atoms with Gasteiger partial charge in [-0.15, -0.1) is 0 Å². The Balaban J connectivity index is 1.99. The fraction of sp³-hybridized carbons (Fsp3) is 0.632. The molecule has 1 saturated carbocycles. The standard InChI is InChI=1S/C19H30N2O3S/c1-13(21-19(22)16(20)10-11-25-3)14-8-9-17(18(12-14)23-2)24-15-6-4-5-7-15/h8-9,12-13,15-16H,4-7,10-11,20H2,1-3H3,(H,21,22)/t13?,16-/m0/s1. The molecule has 1 amide bonds. The minimum Gasteiger partial charge on any atom is -0.493 e. The van der Waals surface area contributed by atoms with Gasteiger partial charge in [0.05, 0.1) is 25.3 Å². The normalized spacial score (nSPS) is 17.1. The van der Waals surface area contributed by atoms with Crippen molar-refractivity contribution in [2.45, 2.75) is 57.2 Å². The summed E-state index contributed by atoms with van der Waals surface area (Å²) < 4.78 is 11.5. The van der Waals surface area contributed by atoms with Crippen molar-refractivity contribution in [2.24, 2.45) is 5.73 Å². The summed E-state index contributed by atoms with van der Waals surface area (Å²) >= 11 is 1.69. The zero-order valence-corrected chi connectivity index (χ0v) is 16.2. The van der Waals surface area contributed by atoms with Crippen LogP contribution in [0.2, 0.25) is 0 Å². The summed E-state index contributed by atoms with van der Waals surface area (Å²) in [6.07, 6.45) is 7.63. The van der Waals surface area contributed by atoms with Gasteiger partial charge in [-0.25, -0.2) is 0 Å². The summed E-state index contributed by atoms with van der Waals surface area (Å²) in [5.41, 5.74) is 6.90. The average molecular weight is 367 g/mol. The molecular formula is C19H30N2O3S. The summed E-state index contributed by atoms with van der Waals surface area (Å²) in [7, 11) is 1.64. The predicted octanol–water partition coefficient (Wildman–Crippen LogP) is 3.27. The molecule has 2 rings (SSSR count). The van der Waals surface area contributed by atoms with E-state index in [-0.39, 0.29) is 18.1 Å². The minimum atomic E-state index is -0.471. The quantitative estimate of drug-likeness (QED) is 0.702. The zero-order valence-electron chi connectivity index (χ0n) is 15.4. The molecule has 0 radical (unpaired) electrons. The summed E-state index contributed by atoms with van der Waals surface area (Å²) in [5, 5.41) is 2.98. The van der Waals surface area contributed by atoms with Crippen LogP contribution in [0.5, 0.6) is 11.5 Å². The van der Waals surface area contributed by atoms with Crippen LogP contribution in [0.15, 0.2) is 18.2 Å². The Morgan fingerprint density at radius 2 is 2.08 bits per heavy atom. The second kappa shape index (κ2) is 9.92. The number of carbonyl (C=O) groups excluding carboxylic acids is 1. The molecule has 1 unspecified atom stereocenters. The molecule has 1 aliphatic rings. The van der Waals surface area contributed by atoms with E-state index in [0.717, 1.165) is 29.9 Å². The summed E-state index contributed by atoms with van der Waals surface area (Å²) in [5.74, 6) is 2.24. The second-order valence-electron chi connectivity index (χ2n) is 6.55. The van der Waals surface area contributed by atoms with Gasteiger partial charge in [-0.3, -0.25) is 4.79 Å². The van der Waals surface area contributed by atoms with Gasteiger partial charge in [0.15, 0.2) is 11.5 Å². The number of ether oxygens (including phenoxy) is 2. The lowest BCUT2D eigenvalue weighted by Crippen LogP contribution is -2.41. The van der Waals surface area contributed by atoms with Crippen LogP contribution in [-0.4, -0.2) is 37.2 Å². The maximum Gasteiger partial charge on any atom is 0.237 e. The Labute approximate surface area is 155 Å². The van der Waals surface area contributed by atoms with Gasteiger partial charge in [-0.1, -0.05) is 6.07 Å². The first kappa shape index (κ1) is 19.9. The van der Waals surface area contributed by atoms with E-state index in [0.29, 0.717) is 12.2 Å². The Morgan fingerprint density at radius 1 is 1.36 bits per heavy atom. The SMILES string of the molecule is COc1cc(C(C)NC(=O)[C@@H](N)CCSC)ccc1OC1CCCC1. The number of nitrogens with two attached hydrogens (primary N) is 1. The van der Waals surface area contributed by atoms with Crippen LogP contribution in [0, 0.1) is 0 Å². The number of hydrogen-bond acceptors (Lipinski definition) is 5. The minimum absolute atomic E-state index is 0.119. The molecule has 6 heteroatoms. The second-order valence-corrected chi connectivity index (χ2v) is 7.54. The Kier molecular flexibility index (Phi) is 7.90. The van der Waals surface area contributed by atoms with Crippen molar-refractivity contribution in [3.8, 4) is 11.5 Å². The smallest absolute Gasteiger partial charge is 0.237 e. The Morgan fingerprint density at radius 3 is 2.72 bits per heavy atom. The molecule has 1 fully saturated rings. The molecule has 0 saturated heterocycles. The Bertz CT molecular complexity index is 562. The maximum atomic E-state index is 12.2. The van der Waals surface area contributed by atoms with Crippen LogP contribution in [0.1, 0.15) is 50.6 Å². The maximum absolute atomic E-state index is 12.2. The largest absolute Gasteiger partial charge is 0.493 e. The highest BCUT2D eigenvalue weighted by atomic mass is 32.2. The first-order valence-corrected chi connectivity index (χ1v) is 10.3. The van der Waals surface area contributed by atoms with Crippen LogP contribution in [0.4, 0.5) is 0 Å². The third kappa shape index (κ3) is 5.82. The molecular weight excluding hydrogens is 336 g/mol. The van der Waals surface area contributed by atoms with Gasteiger partial charge in [-0.05, 0) is 68.7 Å². The van der Waals surface area contributed by atoms with E-state index in [2.05, 4.69) is 5.32 Å². The van der Waals surface area contributed by atoms with Crippen LogP contribution in [-0.2, 0) is 4.79 Å². The predicted molar refractivity (Wildman–Crippen MR) is 103 cm³/mol. The van der Waals surface area contributed by atoms with E-state index in [1.807, 2.05) is 31.4 Å². The molecule has 0 spiro atoms. The molecule has 0 aromatic heterocycles. The fourth-order valence-electron chi connectivity index (χ4n) is 3.02. The van der Waals surface area contributed by atoms with Crippen LogP contribution in [0.3, 0.4) is 0 Å². The molecule has 140 valence electrons. The highest BCUT2D eigenvalue weighted by Gasteiger charge is 2.20. The third-order valence-electron chi connectivity index (χ3n) is 4.61. The van der Waals surface area contributed by atoms with Crippen molar-refractivity contribution >= 4 is 17.7 Å². The van der Waals surface area contributed by atoms with E-state index >= 15 is 0 Å². The van der Waals surface area contributed by atoms with E-state index < -0.39 is 6.04 Å². The van der Waals surface area contributed by atoms with Gasteiger partial charge in [0.2, 0.25) is 5.91 Å². The monoisotopic (exact) mass is 366 g/mol. The fourth-order valence-corrected chi connectivity index (χ4v) is 3.51. The molecule has 1 aliphatic carbocycles. The van der Waals surface area contributed by atoms with Gasteiger partial charge in [-0.2, -0.15) is 11.8 Å². The zero-order chi connectivity index (χ0) is 18.2. The topological polar surface area (TPSA) is 73.6 Å². The number of rotatable bonds is 9. The first-order chi connectivity index (χ1) is 12.0. The number of benzene rings is 1. The number of nitrogens with one attached hydrogen (secondary N) is 1. The molecule has 1 aromatic carbocycles. The number of carbonyl (C=O) groups is 1. The Hall–Kier alpha value is -1.40. The van der Waals surface area contributed by atoms with E-state index in [1.54, 1.807) is 18.9 Å². The van der Waals surface area contributed by atoms with Crippen molar-refractivity contribution in [1.29, 1.82) is 0 Å². The van der Waals surface area contributed by atoms with Crippen molar-refractivity contribution in [3.63, 3.8) is 0 Å². The lowest BCUT2D eigenvalue weighted by Gasteiger charge is -2.20. The van der Waals surface area contributed by atoms with Crippen LogP contribution >= 0.6 is 11.8 Å². The molecule has 0 bridgehead atoms. The highest BCUT2D eigenvalue weighted by molar-refractivity contribution is 7.98. The van der Waals surface area contributed by atoms with Crippen molar-refractivity contribution in [3.05, 3.63) is 23.8 Å². The van der Waals surface area contributed by atoms with E-state index in [4.69, 9.17) is 15.2 Å². The van der Waals surface area contributed by atoms with E-state index in [9.17, 15) is 4.79 Å². The van der Waals surface area contributed by atoms with Gasteiger partial charge in [0, 0.05) is 0 Å². The van der Waals surface area contributed by atoms with Gasteiger partial charge in [0.1, 0.15) is 0 Å². The molecule has 1 aromatic rings. The lowest BCUT2D eigenvalue weighted by molar-refractivity contribution is -0.123. The molecule has 5 nitrogen and oxygen atoms in total. The lowest BCUT2D eigenvalue weighted by atomic mass is 10.1. The van der Waals surface area contributed by atoms with Crippen molar-refractivity contribution in [2.75, 3.05) is 19.1 Å². The van der Waals surface area contributed by atoms with Crippen molar-refractivity contribution < 1.29 is 14.3 Å². The van der Waals surface area contributed by atoms with Crippen LogP contribution in [0.25, 0.3) is 0 Å². The molecule has 3 N–H and O–H groups in total.